The Balaban J connectivity index is 0.00000243. The van der Waals surface area contributed by atoms with Gasteiger partial charge in [0.05, 0.1) is 17.1 Å². The van der Waals surface area contributed by atoms with Crippen molar-refractivity contribution >= 4 is 52.6 Å². The Morgan fingerprint density at radius 2 is 2.19 bits per heavy atom. The molecule has 0 fully saturated rings. The van der Waals surface area contributed by atoms with Crippen LogP contribution in [-0.2, 0) is 13.0 Å². The molecule has 3 rings (SSSR count). The van der Waals surface area contributed by atoms with Crippen molar-refractivity contribution in [1.82, 2.24) is 15.6 Å². The third-order valence-corrected chi connectivity index (χ3v) is 5.51. The third kappa shape index (κ3) is 5.82. The van der Waals surface area contributed by atoms with E-state index in [1.54, 1.807) is 24.6 Å². The summed E-state index contributed by atoms with van der Waals surface area (Å²) in [6.45, 7) is 4.86. The lowest BCUT2D eigenvalue weighted by molar-refractivity contribution is 0.573. The van der Waals surface area contributed by atoms with Gasteiger partial charge in [-0.25, -0.2) is 4.98 Å². The fourth-order valence-electron chi connectivity index (χ4n) is 2.45. The Kier molecular flexibility index (Phi) is 8.11. The average molecular weight is 502 g/mol. The SMILES string of the molecule is CN=C(NCc1coc(-c2cccs2)n1)NC(C)Cc1ccc(C)s1.I. The Morgan fingerprint density at radius 3 is 2.85 bits per heavy atom. The predicted octanol–water partition coefficient (Wildman–Crippen LogP) is 4.69. The molecule has 0 aliphatic rings. The van der Waals surface area contributed by atoms with Gasteiger partial charge in [-0.3, -0.25) is 4.99 Å². The van der Waals surface area contributed by atoms with Crippen LogP contribution < -0.4 is 10.6 Å². The summed E-state index contributed by atoms with van der Waals surface area (Å²) in [6.07, 6.45) is 2.67. The molecule has 3 heterocycles. The van der Waals surface area contributed by atoms with Crippen molar-refractivity contribution in [1.29, 1.82) is 0 Å². The molecule has 0 aromatic carbocycles. The van der Waals surface area contributed by atoms with Crippen LogP contribution in [0, 0.1) is 6.92 Å². The molecule has 0 spiro atoms. The lowest BCUT2D eigenvalue weighted by atomic mass is 10.2. The van der Waals surface area contributed by atoms with Gasteiger partial charge < -0.3 is 15.1 Å². The number of rotatable bonds is 6. The molecule has 0 aliphatic carbocycles. The van der Waals surface area contributed by atoms with Crippen LogP contribution in [0.3, 0.4) is 0 Å². The highest BCUT2D eigenvalue weighted by atomic mass is 127. The van der Waals surface area contributed by atoms with E-state index in [1.807, 2.05) is 28.8 Å². The second kappa shape index (κ2) is 10.1. The Hall–Kier alpha value is -1.39. The van der Waals surface area contributed by atoms with Gasteiger partial charge in [-0.05, 0) is 37.4 Å². The maximum absolute atomic E-state index is 5.54. The van der Waals surface area contributed by atoms with Crippen molar-refractivity contribution in [2.24, 2.45) is 4.99 Å². The smallest absolute Gasteiger partial charge is 0.236 e. The summed E-state index contributed by atoms with van der Waals surface area (Å²) < 4.78 is 5.54. The summed E-state index contributed by atoms with van der Waals surface area (Å²) in [7, 11) is 1.78. The maximum atomic E-state index is 5.54. The van der Waals surface area contributed by atoms with E-state index in [0.29, 0.717) is 18.5 Å². The lowest BCUT2D eigenvalue weighted by Crippen LogP contribution is -2.42. The van der Waals surface area contributed by atoms with Crippen molar-refractivity contribution in [2.75, 3.05) is 7.05 Å². The van der Waals surface area contributed by atoms with Crippen molar-refractivity contribution in [3.8, 4) is 10.8 Å². The molecule has 1 unspecified atom stereocenters. The zero-order valence-corrected chi connectivity index (χ0v) is 18.9. The first-order valence-electron chi connectivity index (χ1n) is 8.15. The standard InChI is InChI=1S/C18H22N4OS2.HI/c1-12(9-15-7-6-13(2)25-15)21-18(19-3)20-10-14-11-23-17(22-14)16-5-4-8-24-16;/h4-8,11-12H,9-10H2,1-3H3,(H2,19,20,21);1H. The Bertz CT molecular complexity index is 826. The zero-order chi connectivity index (χ0) is 17.6. The molecule has 0 aliphatic heterocycles. The molecule has 0 bridgehead atoms. The average Bonchev–Trinajstić information content (AvgIpc) is 3.33. The van der Waals surface area contributed by atoms with E-state index in [0.717, 1.165) is 23.0 Å². The summed E-state index contributed by atoms with van der Waals surface area (Å²) in [5, 5.41) is 8.72. The maximum Gasteiger partial charge on any atom is 0.236 e. The fraction of sp³-hybridized carbons (Fsp3) is 0.333. The van der Waals surface area contributed by atoms with Crippen LogP contribution in [-0.4, -0.2) is 24.0 Å². The number of aryl methyl sites for hydroxylation is 1. The highest BCUT2D eigenvalue weighted by Crippen LogP contribution is 2.23. The molecule has 2 N–H and O–H groups in total. The van der Waals surface area contributed by atoms with Crippen LogP contribution in [0.5, 0.6) is 0 Å². The molecule has 0 saturated carbocycles. The van der Waals surface area contributed by atoms with Crippen molar-refractivity contribution in [2.45, 2.75) is 32.9 Å². The van der Waals surface area contributed by atoms with E-state index in [9.17, 15) is 0 Å². The zero-order valence-electron chi connectivity index (χ0n) is 15.0. The largest absolute Gasteiger partial charge is 0.443 e. The van der Waals surface area contributed by atoms with Gasteiger partial charge in [-0.2, -0.15) is 0 Å². The third-order valence-electron chi connectivity index (χ3n) is 3.63. The number of guanidine groups is 1. The van der Waals surface area contributed by atoms with Crippen LogP contribution in [0.15, 0.2) is 45.3 Å². The highest BCUT2D eigenvalue weighted by molar-refractivity contribution is 14.0. The minimum absolute atomic E-state index is 0. The monoisotopic (exact) mass is 502 g/mol. The number of hydrogen-bond donors (Lipinski definition) is 2. The first-order chi connectivity index (χ1) is 12.1. The van der Waals surface area contributed by atoms with E-state index in [1.165, 1.54) is 9.75 Å². The summed E-state index contributed by atoms with van der Waals surface area (Å²) in [5.74, 6) is 1.43. The molecule has 0 radical (unpaired) electrons. The second-order valence-electron chi connectivity index (χ2n) is 5.81. The van der Waals surface area contributed by atoms with Crippen LogP contribution in [0.25, 0.3) is 10.8 Å². The number of aliphatic imine (C=N–C) groups is 1. The highest BCUT2D eigenvalue weighted by Gasteiger charge is 2.10. The van der Waals surface area contributed by atoms with E-state index in [-0.39, 0.29) is 24.0 Å². The van der Waals surface area contributed by atoms with Crippen molar-refractivity contribution in [3.63, 3.8) is 0 Å². The number of oxazole rings is 1. The summed E-state index contributed by atoms with van der Waals surface area (Å²) in [5.41, 5.74) is 0.855. The summed E-state index contributed by atoms with van der Waals surface area (Å²) in [4.78, 5) is 12.6. The minimum atomic E-state index is 0. The quantitative estimate of drug-likeness (QED) is 0.292. The predicted molar refractivity (Wildman–Crippen MR) is 121 cm³/mol. The van der Waals surface area contributed by atoms with Crippen LogP contribution in [0.4, 0.5) is 0 Å². The van der Waals surface area contributed by atoms with Gasteiger partial charge >= 0.3 is 0 Å². The van der Waals surface area contributed by atoms with Crippen molar-refractivity contribution in [3.05, 3.63) is 51.4 Å². The molecule has 3 aromatic heterocycles. The van der Waals surface area contributed by atoms with E-state index in [2.05, 4.69) is 46.6 Å². The van der Waals surface area contributed by atoms with Gasteiger partial charge in [0.25, 0.3) is 0 Å². The molecule has 5 nitrogen and oxygen atoms in total. The van der Waals surface area contributed by atoms with Gasteiger partial charge in [0.15, 0.2) is 5.96 Å². The van der Waals surface area contributed by atoms with Crippen molar-refractivity contribution < 1.29 is 4.42 Å². The summed E-state index contributed by atoms with van der Waals surface area (Å²) >= 11 is 3.46. The number of halogens is 1. The first-order valence-corrected chi connectivity index (χ1v) is 9.84. The van der Waals surface area contributed by atoms with Crippen LogP contribution in [0.1, 0.15) is 22.4 Å². The molecule has 3 aromatic rings. The molecule has 1 atom stereocenters. The molecular weight excluding hydrogens is 479 g/mol. The summed E-state index contributed by atoms with van der Waals surface area (Å²) in [6, 6.07) is 8.64. The number of aromatic nitrogens is 1. The Labute approximate surface area is 179 Å². The van der Waals surface area contributed by atoms with E-state index >= 15 is 0 Å². The topological polar surface area (TPSA) is 62.5 Å². The molecule has 8 heteroatoms. The number of nitrogens with zero attached hydrogens (tertiary/aromatic N) is 2. The number of hydrogen-bond acceptors (Lipinski definition) is 5. The molecule has 0 amide bonds. The van der Waals surface area contributed by atoms with Gasteiger partial charge in [-0.15, -0.1) is 46.7 Å². The molecule has 0 saturated heterocycles. The molecular formula is C18H23IN4OS2. The van der Waals surface area contributed by atoms with Gasteiger partial charge in [0.1, 0.15) is 6.26 Å². The minimum Gasteiger partial charge on any atom is -0.443 e. The Morgan fingerprint density at radius 1 is 1.35 bits per heavy atom. The number of thiophene rings is 2. The van der Waals surface area contributed by atoms with Crippen LogP contribution >= 0.6 is 46.7 Å². The lowest BCUT2D eigenvalue weighted by Gasteiger charge is -2.16. The second-order valence-corrected chi connectivity index (χ2v) is 8.13. The number of nitrogens with one attached hydrogen (secondary N) is 2. The van der Waals surface area contributed by atoms with Gasteiger partial charge in [-0.1, -0.05) is 6.07 Å². The normalized spacial score (nSPS) is 12.5. The van der Waals surface area contributed by atoms with Gasteiger partial charge in [0.2, 0.25) is 5.89 Å². The first kappa shape index (κ1) is 20.9. The van der Waals surface area contributed by atoms with E-state index in [4.69, 9.17) is 4.42 Å². The van der Waals surface area contributed by atoms with Crippen LogP contribution in [0.2, 0.25) is 0 Å². The molecule has 26 heavy (non-hydrogen) atoms. The van der Waals surface area contributed by atoms with Gasteiger partial charge in [0, 0.05) is 29.3 Å². The fourth-order valence-corrected chi connectivity index (χ4v) is 4.13. The van der Waals surface area contributed by atoms with E-state index < -0.39 is 0 Å². The molecule has 140 valence electrons.